The number of hydrogen-bond acceptors (Lipinski definition) is 3. The molecule has 96 valence electrons. The highest BCUT2D eigenvalue weighted by atomic mass is 32.2. The minimum absolute atomic E-state index is 0.0976. The molecule has 1 aromatic carbocycles. The van der Waals surface area contributed by atoms with Gasteiger partial charge in [0.05, 0.1) is 11.4 Å². The molecule has 0 saturated heterocycles. The predicted molar refractivity (Wildman–Crippen MR) is 76.2 cm³/mol. The Balaban J connectivity index is 1.65. The van der Waals surface area contributed by atoms with Crippen molar-refractivity contribution in [1.29, 1.82) is 0 Å². The van der Waals surface area contributed by atoms with E-state index in [2.05, 4.69) is 22.8 Å². The maximum Gasteiger partial charge on any atom is 0.234 e. The molecular weight excluding hydrogens is 244 g/mol. The molecule has 1 heterocycles. The van der Waals surface area contributed by atoms with Crippen molar-refractivity contribution in [3.05, 3.63) is 18.2 Å². The van der Waals surface area contributed by atoms with Gasteiger partial charge < -0.3 is 10.6 Å². The van der Waals surface area contributed by atoms with Crippen LogP contribution in [-0.2, 0) is 4.79 Å². The molecule has 3 nitrogen and oxygen atoms in total. The highest BCUT2D eigenvalue weighted by molar-refractivity contribution is 8.00. The Morgan fingerprint density at radius 1 is 1.33 bits per heavy atom. The minimum atomic E-state index is 0.0976. The van der Waals surface area contributed by atoms with Crippen molar-refractivity contribution in [2.24, 2.45) is 5.92 Å². The molecule has 2 N–H and O–H groups in total. The molecule has 1 aromatic rings. The summed E-state index contributed by atoms with van der Waals surface area (Å²) in [6.07, 6.45) is 5.46. The first-order valence-corrected chi connectivity index (χ1v) is 7.60. The van der Waals surface area contributed by atoms with E-state index in [1.165, 1.54) is 30.6 Å². The number of benzene rings is 1. The van der Waals surface area contributed by atoms with E-state index in [1.807, 2.05) is 6.07 Å². The normalized spacial score (nSPS) is 19.4. The summed E-state index contributed by atoms with van der Waals surface area (Å²) < 4.78 is 0. The average Bonchev–Trinajstić information content (AvgIpc) is 2.89. The fourth-order valence-corrected chi connectivity index (χ4v) is 3.46. The van der Waals surface area contributed by atoms with E-state index < -0.39 is 0 Å². The zero-order valence-corrected chi connectivity index (χ0v) is 11.2. The Hall–Kier alpha value is -1.16. The Bertz CT molecular complexity index is 455. The smallest absolute Gasteiger partial charge is 0.234 e. The third kappa shape index (κ3) is 2.64. The molecule has 0 aromatic heterocycles. The second kappa shape index (κ2) is 5.22. The van der Waals surface area contributed by atoms with Gasteiger partial charge in [0, 0.05) is 17.1 Å². The lowest BCUT2D eigenvalue weighted by Gasteiger charge is -2.18. The van der Waals surface area contributed by atoms with E-state index in [1.54, 1.807) is 11.8 Å². The maximum absolute atomic E-state index is 11.4. The summed E-state index contributed by atoms with van der Waals surface area (Å²) in [5, 5.41) is 6.42. The van der Waals surface area contributed by atoms with Crippen LogP contribution in [-0.4, -0.2) is 18.2 Å². The van der Waals surface area contributed by atoms with Crippen LogP contribution in [0.1, 0.15) is 25.7 Å². The van der Waals surface area contributed by atoms with Crippen LogP contribution in [0.3, 0.4) is 0 Å². The molecule has 0 atom stereocenters. The predicted octanol–water partition coefficient (Wildman–Crippen LogP) is 3.33. The van der Waals surface area contributed by atoms with Crippen molar-refractivity contribution in [3.63, 3.8) is 0 Å². The summed E-state index contributed by atoms with van der Waals surface area (Å²) >= 11 is 1.61. The Morgan fingerprint density at radius 2 is 2.17 bits per heavy atom. The average molecular weight is 262 g/mol. The zero-order chi connectivity index (χ0) is 12.4. The number of amides is 1. The molecule has 0 spiro atoms. The highest BCUT2D eigenvalue weighted by Gasteiger charge is 2.17. The number of rotatable bonds is 3. The van der Waals surface area contributed by atoms with Crippen LogP contribution in [0.25, 0.3) is 0 Å². The van der Waals surface area contributed by atoms with Gasteiger partial charge in [-0.05, 0) is 37.0 Å². The van der Waals surface area contributed by atoms with Crippen molar-refractivity contribution in [2.75, 3.05) is 22.9 Å². The van der Waals surface area contributed by atoms with Crippen LogP contribution in [0.15, 0.2) is 23.1 Å². The van der Waals surface area contributed by atoms with E-state index >= 15 is 0 Å². The van der Waals surface area contributed by atoms with Gasteiger partial charge in [0.2, 0.25) is 5.91 Å². The number of nitrogens with one attached hydrogen (secondary N) is 2. The van der Waals surface area contributed by atoms with Gasteiger partial charge >= 0.3 is 0 Å². The van der Waals surface area contributed by atoms with Gasteiger partial charge in [-0.1, -0.05) is 12.8 Å². The van der Waals surface area contributed by atoms with Gasteiger partial charge in [0.25, 0.3) is 0 Å². The molecule has 0 radical (unpaired) electrons. The van der Waals surface area contributed by atoms with Crippen LogP contribution in [0.2, 0.25) is 0 Å². The summed E-state index contributed by atoms with van der Waals surface area (Å²) in [4.78, 5) is 12.5. The van der Waals surface area contributed by atoms with Gasteiger partial charge in [-0.15, -0.1) is 11.8 Å². The standard InChI is InChI=1S/C14H18N2OS/c17-14-9-18-13-6-5-11(7-12(13)16-14)15-8-10-3-1-2-4-10/h5-7,10,15H,1-4,8-9H2,(H,16,17). The topological polar surface area (TPSA) is 41.1 Å². The number of carbonyl (C=O) groups is 1. The second-order valence-electron chi connectivity index (χ2n) is 5.08. The first-order valence-electron chi connectivity index (χ1n) is 6.62. The minimum Gasteiger partial charge on any atom is -0.385 e. The van der Waals surface area contributed by atoms with Crippen molar-refractivity contribution < 1.29 is 4.79 Å². The zero-order valence-electron chi connectivity index (χ0n) is 10.4. The Morgan fingerprint density at radius 3 is 3.00 bits per heavy atom. The Kier molecular flexibility index (Phi) is 3.46. The monoisotopic (exact) mass is 262 g/mol. The fraction of sp³-hybridized carbons (Fsp3) is 0.500. The summed E-state index contributed by atoms with van der Waals surface area (Å²) in [5.41, 5.74) is 2.07. The SMILES string of the molecule is O=C1CSc2ccc(NCC3CCCC3)cc2N1. The second-order valence-corrected chi connectivity index (χ2v) is 6.10. The van der Waals surface area contributed by atoms with Gasteiger partial charge in [0.1, 0.15) is 0 Å². The lowest BCUT2D eigenvalue weighted by Crippen LogP contribution is -2.19. The number of carbonyl (C=O) groups excluding carboxylic acids is 1. The molecule has 3 rings (SSSR count). The lowest BCUT2D eigenvalue weighted by atomic mass is 10.1. The van der Waals surface area contributed by atoms with Crippen LogP contribution in [0.5, 0.6) is 0 Å². The third-order valence-electron chi connectivity index (χ3n) is 3.68. The molecule has 0 unspecified atom stereocenters. The first-order chi connectivity index (χ1) is 8.81. The van der Waals surface area contributed by atoms with Gasteiger partial charge in [-0.3, -0.25) is 4.79 Å². The summed E-state index contributed by atoms with van der Waals surface area (Å²) in [6.45, 7) is 1.06. The molecule has 1 aliphatic carbocycles. The Labute approximate surface area is 112 Å². The molecule has 1 amide bonds. The summed E-state index contributed by atoms with van der Waals surface area (Å²) in [5.74, 6) is 1.45. The van der Waals surface area contributed by atoms with Crippen molar-refractivity contribution in [1.82, 2.24) is 0 Å². The van der Waals surface area contributed by atoms with Crippen molar-refractivity contribution >= 4 is 29.0 Å². The van der Waals surface area contributed by atoms with E-state index in [9.17, 15) is 4.79 Å². The van der Waals surface area contributed by atoms with Gasteiger partial charge in [-0.2, -0.15) is 0 Å². The lowest BCUT2D eigenvalue weighted by molar-refractivity contribution is -0.113. The molecule has 0 bridgehead atoms. The molecule has 1 saturated carbocycles. The van der Waals surface area contributed by atoms with Crippen molar-refractivity contribution in [3.8, 4) is 0 Å². The van der Waals surface area contributed by atoms with Crippen LogP contribution in [0, 0.1) is 5.92 Å². The number of anilines is 2. The van der Waals surface area contributed by atoms with E-state index in [4.69, 9.17) is 0 Å². The van der Waals surface area contributed by atoms with Crippen LogP contribution < -0.4 is 10.6 Å². The number of thioether (sulfide) groups is 1. The number of fused-ring (bicyclic) bond motifs is 1. The summed E-state index contributed by atoms with van der Waals surface area (Å²) in [7, 11) is 0. The molecule has 4 heteroatoms. The first kappa shape index (κ1) is 11.9. The molecular formula is C14H18N2OS. The molecule has 18 heavy (non-hydrogen) atoms. The van der Waals surface area contributed by atoms with E-state index in [0.29, 0.717) is 5.75 Å². The van der Waals surface area contributed by atoms with Crippen LogP contribution >= 0.6 is 11.8 Å². The van der Waals surface area contributed by atoms with Crippen LogP contribution in [0.4, 0.5) is 11.4 Å². The van der Waals surface area contributed by atoms with Crippen molar-refractivity contribution in [2.45, 2.75) is 30.6 Å². The highest BCUT2D eigenvalue weighted by Crippen LogP contribution is 2.33. The maximum atomic E-state index is 11.4. The van der Waals surface area contributed by atoms with E-state index in [0.717, 1.165) is 23.8 Å². The summed E-state index contributed by atoms with van der Waals surface area (Å²) in [6, 6.07) is 6.25. The van der Waals surface area contributed by atoms with E-state index in [-0.39, 0.29) is 5.91 Å². The molecule has 2 aliphatic rings. The fourth-order valence-electron chi connectivity index (χ4n) is 2.67. The largest absolute Gasteiger partial charge is 0.385 e. The molecule has 1 aliphatic heterocycles. The number of hydrogen-bond donors (Lipinski definition) is 2. The van der Waals surface area contributed by atoms with Gasteiger partial charge in [0.15, 0.2) is 0 Å². The molecule has 1 fully saturated rings. The van der Waals surface area contributed by atoms with Gasteiger partial charge in [-0.25, -0.2) is 0 Å². The quantitative estimate of drug-likeness (QED) is 0.878. The third-order valence-corrected chi connectivity index (χ3v) is 4.76.